The van der Waals surface area contributed by atoms with Gasteiger partial charge in [-0.15, -0.1) is 6.42 Å². The number of hydrogen-bond donors (Lipinski definition) is 0. The smallest absolute Gasteiger partial charge is 0.185 e. The van der Waals surface area contributed by atoms with Crippen molar-refractivity contribution >= 4 is 8.32 Å². The summed E-state index contributed by atoms with van der Waals surface area (Å²) in [5.74, 6) is 2.73. The van der Waals surface area contributed by atoms with Crippen molar-refractivity contribution in [1.29, 1.82) is 0 Å². The quantitative estimate of drug-likeness (QED) is 0.361. The van der Waals surface area contributed by atoms with Crippen molar-refractivity contribution in [2.24, 2.45) is 0 Å². The lowest BCUT2D eigenvalue weighted by Gasteiger charge is -2.22. The third-order valence-electron chi connectivity index (χ3n) is 1.75. The van der Waals surface area contributed by atoms with Gasteiger partial charge >= 0.3 is 0 Å². The third-order valence-corrected chi connectivity index (χ3v) is 2.74. The number of unbranched alkanes of at least 4 members (excludes halogenated alkanes) is 2. The molecule has 0 rings (SSSR count). The monoisotopic (exact) mass is 198 g/mol. The molecule has 0 spiro atoms. The molecular weight excluding hydrogens is 176 g/mol. The van der Waals surface area contributed by atoms with Crippen LogP contribution in [-0.4, -0.2) is 14.4 Å². The lowest BCUT2D eigenvalue weighted by atomic mass is 10.1. The van der Waals surface area contributed by atoms with Crippen molar-refractivity contribution in [2.45, 2.75) is 58.4 Å². The van der Waals surface area contributed by atoms with E-state index in [2.05, 4.69) is 32.5 Å². The molecule has 0 aromatic heterocycles. The van der Waals surface area contributed by atoms with Crippen molar-refractivity contribution < 1.29 is 4.43 Å². The second-order valence-electron chi connectivity index (χ2n) is 4.38. The van der Waals surface area contributed by atoms with Crippen LogP contribution >= 0.6 is 0 Å². The van der Waals surface area contributed by atoms with Gasteiger partial charge in [0.05, 0.1) is 0 Å². The molecule has 0 aliphatic carbocycles. The van der Waals surface area contributed by atoms with E-state index in [0.29, 0.717) is 0 Å². The van der Waals surface area contributed by atoms with Gasteiger partial charge < -0.3 is 4.43 Å². The number of rotatable bonds is 6. The predicted octanol–water partition coefficient (Wildman–Crippen LogP) is 3.42. The van der Waals surface area contributed by atoms with Gasteiger partial charge in [-0.2, -0.15) is 0 Å². The lowest BCUT2D eigenvalue weighted by Crippen LogP contribution is -2.31. The molecule has 13 heavy (non-hydrogen) atoms. The Balaban J connectivity index is 3.72. The molecule has 0 radical (unpaired) electrons. The topological polar surface area (TPSA) is 9.23 Å². The number of hydrogen-bond acceptors (Lipinski definition) is 1. The average Bonchev–Trinajstić information content (AvgIpc) is 2.01. The van der Waals surface area contributed by atoms with Gasteiger partial charge in [0.1, 0.15) is 6.10 Å². The van der Waals surface area contributed by atoms with Gasteiger partial charge in [0, 0.05) is 0 Å². The highest BCUT2D eigenvalue weighted by atomic mass is 28.4. The molecular formula is C11H22OSi. The van der Waals surface area contributed by atoms with Crippen LogP contribution in [0.4, 0.5) is 0 Å². The summed E-state index contributed by atoms with van der Waals surface area (Å²) in [5, 5.41) is 0. The average molecular weight is 198 g/mol. The first kappa shape index (κ1) is 12.7. The lowest BCUT2D eigenvalue weighted by molar-refractivity contribution is 0.236. The first-order chi connectivity index (χ1) is 5.99. The Morgan fingerprint density at radius 2 is 1.92 bits per heavy atom. The second kappa shape index (κ2) is 6.23. The minimum absolute atomic E-state index is 0.0539. The highest BCUT2D eigenvalue weighted by Gasteiger charge is 2.18. The molecule has 0 fully saturated rings. The molecule has 76 valence electrons. The maximum absolute atomic E-state index is 5.84. The second-order valence-corrected chi connectivity index (χ2v) is 8.84. The van der Waals surface area contributed by atoms with E-state index in [9.17, 15) is 0 Å². The van der Waals surface area contributed by atoms with Gasteiger partial charge in [-0.05, 0) is 32.5 Å². The zero-order valence-electron chi connectivity index (χ0n) is 9.39. The van der Waals surface area contributed by atoms with Crippen LogP contribution in [0.3, 0.4) is 0 Å². The Morgan fingerprint density at radius 1 is 1.31 bits per heavy atom. The summed E-state index contributed by atoms with van der Waals surface area (Å²) in [6, 6.07) is 0. The Morgan fingerprint density at radius 3 is 2.31 bits per heavy atom. The molecule has 0 saturated carbocycles. The summed E-state index contributed by atoms with van der Waals surface area (Å²) < 4.78 is 5.84. The summed E-state index contributed by atoms with van der Waals surface area (Å²) in [6.45, 7) is 8.73. The summed E-state index contributed by atoms with van der Waals surface area (Å²) in [4.78, 5) is 0. The summed E-state index contributed by atoms with van der Waals surface area (Å²) >= 11 is 0. The van der Waals surface area contributed by atoms with Crippen LogP contribution < -0.4 is 0 Å². The molecule has 0 saturated heterocycles. The molecule has 0 bridgehead atoms. The molecule has 0 amide bonds. The minimum atomic E-state index is -1.44. The van der Waals surface area contributed by atoms with Crippen LogP contribution in [0.1, 0.15) is 32.6 Å². The van der Waals surface area contributed by atoms with E-state index in [1.807, 2.05) is 0 Å². The molecule has 0 aliphatic rings. The molecule has 1 atom stereocenters. The third kappa shape index (κ3) is 8.08. The van der Waals surface area contributed by atoms with Gasteiger partial charge in [0.15, 0.2) is 8.32 Å². The normalized spacial score (nSPS) is 13.8. The summed E-state index contributed by atoms with van der Waals surface area (Å²) in [6.07, 6.45) is 10.2. The fourth-order valence-corrected chi connectivity index (χ4v) is 2.22. The molecule has 0 aromatic carbocycles. The van der Waals surface area contributed by atoms with E-state index in [0.717, 1.165) is 6.42 Å². The molecule has 0 aromatic rings. The SMILES string of the molecule is C#CC(CCCCC)O[Si](C)(C)C. The fourth-order valence-electron chi connectivity index (χ4n) is 1.18. The van der Waals surface area contributed by atoms with E-state index in [1.165, 1.54) is 19.3 Å². The molecule has 0 heterocycles. The van der Waals surface area contributed by atoms with Crippen molar-refractivity contribution in [1.82, 2.24) is 0 Å². The van der Waals surface area contributed by atoms with Crippen LogP contribution in [0.5, 0.6) is 0 Å². The molecule has 1 unspecified atom stereocenters. The van der Waals surface area contributed by atoms with Crippen molar-refractivity contribution in [3.8, 4) is 12.3 Å². The van der Waals surface area contributed by atoms with Crippen LogP contribution in [-0.2, 0) is 4.43 Å². The van der Waals surface area contributed by atoms with Gasteiger partial charge in [0.2, 0.25) is 0 Å². The Kier molecular flexibility index (Phi) is 6.10. The highest BCUT2D eigenvalue weighted by molar-refractivity contribution is 6.69. The largest absolute Gasteiger partial charge is 0.404 e. The fraction of sp³-hybridized carbons (Fsp3) is 0.818. The maximum Gasteiger partial charge on any atom is 0.185 e. The van der Waals surface area contributed by atoms with E-state index in [4.69, 9.17) is 10.8 Å². The Bertz CT molecular complexity index is 164. The Labute approximate surface area is 84.0 Å². The van der Waals surface area contributed by atoms with Crippen molar-refractivity contribution in [3.63, 3.8) is 0 Å². The van der Waals surface area contributed by atoms with E-state index < -0.39 is 8.32 Å². The zero-order chi connectivity index (χ0) is 10.3. The Hall–Kier alpha value is -0.263. The first-order valence-corrected chi connectivity index (χ1v) is 8.54. The highest BCUT2D eigenvalue weighted by Crippen LogP contribution is 2.12. The van der Waals surface area contributed by atoms with E-state index in [-0.39, 0.29) is 6.10 Å². The zero-order valence-corrected chi connectivity index (χ0v) is 10.4. The molecule has 0 N–H and O–H groups in total. The standard InChI is InChI=1S/C11H22OSi/c1-6-8-9-10-11(7-2)12-13(3,4)5/h2,11H,6,8-10H2,1,3-5H3. The first-order valence-electron chi connectivity index (χ1n) is 5.13. The minimum Gasteiger partial charge on any atom is -0.404 e. The predicted molar refractivity (Wildman–Crippen MR) is 61.2 cm³/mol. The van der Waals surface area contributed by atoms with Crippen LogP contribution in [0.25, 0.3) is 0 Å². The summed E-state index contributed by atoms with van der Waals surface area (Å²) in [5.41, 5.74) is 0. The maximum atomic E-state index is 5.84. The van der Waals surface area contributed by atoms with Gasteiger partial charge in [-0.25, -0.2) is 0 Å². The molecule has 1 nitrogen and oxygen atoms in total. The van der Waals surface area contributed by atoms with E-state index in [1.54, 1.807) is 0 Å². The number of terminal acetylenes is 1. The van der Waals surface area contributed by atoms with Crippen molar-refractivity contribution in [2.75, 3.05) is 0 Å². The molecule has 2 heteroatoms. The van der Waals surface area contributed by atoms with Crippen LogP contribution in [0, 0.1) is 12.3 Å². The van der Waals surface area contributed by atoms with Crippen LogP contribution in [0.15, 0.2) is 0 Å². The van der Waals surface area contributed by atoms with E-state index >= 15 is 0 Å². The van der Waals surface area contributed by atoms with Gasteiger partial charge in [-0.3, -0.25) is 0 Å². The van der Waals surface area contributed by atoms with Crippen LogP contribution in [0.2, 0.25) is 19.6 Å². The van der Waals surface area contributed by atoms with Gasteiger partial charge in [-0.1, -0.05) is 25.7 Å². The van der Waals surface area contributed by atoms with Crippen molar-refractivity contribution in [3.05, 3.63) is 0 Å². The summed E-state index contributed by atoms with van der Waals surface area (Å²) in [7, 11) is -1.44. The molecule has 0 aliphatic heterocycles. The van der Waals surface area contributed by atoms with Gasteiger partial charge in [0.25, 0.3) is 0 Å².